The summed E-state index contributed by atoms with van der Waals surface area (Å²) < 4.78 is 0. The SMILES string of the molecule is CCc1ccc2cc3c(cc2c1)CCCC31CC2C=CC1C2. The van der Waals surface area contributed by atoms with Crippen LogP contribution in [0.3, 0.4) is 0 Å². The van der Waals surface area contributed by atoms with Crippen molar-refractivity contribution >= 4 is 10.8 Å². The molecular formula is C22H24. The summed E-state index contributed by atoms with van der Waals surface area (Å²) in [7, 11) is 0. The highest BCUT2D eigenvalue weighted by molar-refractivity contribution is 5.85. The Morgan fingerprint density at radius 2 is 2.05 bits per heavy atom. The van der Waals surface area contributed by atoms with Gasteiger partial charge in [-0.1, -0.05) is 49.4 Å². The molecule has 22 heavy (non-hydrogen) atoms. The Morgan fingerprint density at radius 1 is 1.09 bits per heavy atom. The van der Waals surface area contributed by atoms with Gasteiger partial charge in [0.25, 0.3) is 0 Å². The van der Waals surface area contributed by atoms with Crippen LogP contribution in [0, 0.1) is 11.8 Å². The van der Waals surface area contributed by atoms with Crippen LogP contribution in [0.25, 0.3) is 10.8 Å². The number of fused-ring (bicyclic) bond motifs is 6. The predicted octanol–water partition coefficient (Wildman–Crippen LogP) is 5.57. The van der Waals surface area contributed by atoms with E-state index >= 15 is 0 Å². The van der Waals surface area contributed by atoms with Crippen molar-refractivity contribution in [2.24, 2.45) is 11.8 Å². The molecule has 3 unspecified atom stereocenters. The minimum Gasteiger partial charge on any atom is -0.0851 e. The molecule has 3 aliphatic rings. The van der Waals surface area contributed by atoms with Crippen molar-refractivity contribution in [3.8, 4) is 0 Å². The second-order valence-electron chi connectivity index (χ2n) is 7.75. The first kappa shape index (κ1) is 12.9. The summed E-state index contributed by atoms with van der Waals surface area (Å²) in [5.74, 6) is 1.66. The monoisotopic (exact) mass is 288 g/mol. The molecule has 0 heterocycles. The van der Waals surface area contributed by atoms with E-state index in [-0.39, 0.29) is 0 Å². The largest absolute Gasteiger partial charge is 0.0851 e. The molecule has 0 aliphatic heterocycles. The maximum Gasteiger partial charge on any atom is 0.00246 e. The Balaban J connectivity index is 1.71. The van der Waals surface area contributed by atoms with Gasteiger partial charge in [-0.2, -0.15) is 0 Å². The molecule has 5 rings (SSSR count). The lowest BCUT2D eigenvalue weighted by Crippen LogP contribution is -2.34. The number of rotatable bonds is 1. The van der Waals surface area contributed by atoms with E-state index in [4.69, 9.17) is 0 Å². The molecule has 0 heteroatoms. The van der Waals surface area contributed by atoms with E-state index in [0.717, 1.165) is 18.3 Å². The summed E-state index contributed by atoms with van der Waals surface area (Å²) >= 11 is 0. The zero-order chi connectivity index (χ0) is 14.7. The molecule has 3 aliphatic carbocycles. The minimum absolute atomic E-state index is 0.477. The molecule has 1 spiro atoms. The maximum atomic E-state index is 2.55. The summed E-state index contributed by atoms with van der Waals surface area (Å²) in [6.07, 6.45) is 13.0. The molecular weight excluding hydrogens is 264 g/mol. The van der Waals surface area contributed by atoms with Crippen LogP contribution in [0.4, 0.5) is 0 Å². The fourth-order valence-corrected chi connectivity index (χ4v) is 5.57. The Labute approximate surface area is 133 Å². The lowest BCUT2D eigenvalue weighted by Gasteiger charge is -2.41. The van der Waals surface area contributed by atoms with Crippen LogP contribution in [0.1, 0.15) is 49.3 Å². The summed E-state index contributed by atoms with van der Waals surface area (Å²) in [5, 5.41) is 2.90. The highest BCUT2D eigenvalue weighted by Crippen LogP contribution is 2.58. The van der Waals surface area contributed by atoms with Crippen LogP contribution in [0.2, 0.25) is 0 Å². The van der Waals surface area contributed by atoms with E-state index in [9.17, 15) is 0 Å². The summed E-state index contributed by atoms with van der Waals surface area (Å²) in [6.45, 7) is 2.25. The third kappa shape index (κ3) is 1.64. The molecule has 3 atom stereocenters. The molecule has 2 aromatic carbocycles. The number of aryl methyl sites for hydroxylation is 2. The number of allylic oxidation sites excluding steroid dienone is 2. The van der Waals surface area contributed by atoms with Gasteiger partial charge in [-0.15, -0.1) is 0 Å². The lowest BCUT2D eigenvalue weighted by atomic mass is 9.63. The van der Waals surface area contributed by atoms with Crippen LogP contribution in [-0.2, 0) is 18.3 Å². The van der Waals surface area contributed by atoms with Crippen molar-refractivity contribution < 1.29 is 0 Å². The van der Waals surface area contributed by atoms with Crippen molar-refractivity contribution in [2.45, 2.75) is 50.9 Å². The van der Waals surface area contributed by atoms with Crippen molar-refractivity contribution in [3.05, 3.63) is 59.2 Å². The molecule has 1 fully saturated rings. The van der Waals surface area contributed by atoms with E-state index in [0.29, 0.717) is 5.41 Å². The van der Waals surface area contributed by atoms with E-state index < -0.39 is 0 Å². The molecule has 0 saturated heterocycles. The average molecular weight is 288 g/mol. The van der Waals surface area contributed by atoms with Crippen LogP contribution < -0.4 is 0 Å². The quantitative estimate of drug-likeness (QED) is 0.602. The van der Waals surface area contributed by atoms with Gasteiger partial charge in [0.1, 0.15) is 0 Å². The average Bonchev–Trinajstić information content (AvgIpc) is 3.14. The van der Waals surface area contributed by atoms with Crippen molar-refractivity contribution in [1.29, 1.82) is 0 Å². The summed E-state index contributed by atoms with van der Waals surface area (Å²) in [5.41, 5.74) is 5.28. The second-order valence-corrected chi connectivity index (χ2v) is 7.75. The molecule has 0 aromatic heterocycles. The zero-order valence-electron chi connectivity index (χ0n) is 13.4. The van der Waals surface area contributed by atoms with Crippen LogP contribution in [0.5, 0.6) is 0 Å². The molecule has 1 saturated carbocycles. The number of benzene rings is 2. The fraction of sp³-hybridized carbons (Fsp3) is 0.455. The highest BCUT2D eigenvalue weighted by Gasteiger charge is 2.50. The topological polar surface area (TPSA) is 0 Å². The van der Waals surface area contributed by atoms with E-state index in [1.54, 1.807) is 11.1 Å². The predicted molar refractivity (Wildman–Crippen MR) is 93.3 cm³/mol. The smallest absolute Gasteiger partial charge is 0.00246 e. The zero-order valence-corrected chi connectivity index (χ0v) is 13.4. The van der Waals surface area contributed by atoms with Gasteiger partial charge in [0.05, 0.1) is 0 Å². The minimum atomic E-state index is 0.477. The van der Waals surface area contributed by atoms with Gasteiger partial charge in [-0.3, -0.25) is 0 Å². The molecule has 112 valence electrons. The number of hydrogen-bond donors (Lipinski definition) is 0. The van der Waals surface area contributed by atoms with E-state index in [1.165, 1.54) is 48.4 Å². The van der Waals surface area contributed by atoms with Crippen molar-refractivity contribution in [1.82, 2.24) is 0 Å². The van der Waals surface area contributed by atoms with Crippen molar-refractivity contribution in [2.75, 3.05) is 0 Å². The Bertz CT molecular complexity index is 782. The molecule has 0 amide bonds. The van der Waals surface area contributed by atoms with Gasteiger partial charge < -0.3 is 0 Å². The Morgan fingerprint density at radius 3 is 2.82 bits per heavy atom. The van der Waals surface area contributed by atoms with Crippen LogP contribution in [-0.4, -0.2) is 0 Å². The first-order valence-electron chi connectivity index (χ1n) is 9.03. The molecule has 0 radical (unpaired) electrons. The maximum absolute atomic E-state index is 2.55. The molecule has 0 N–H and O–H groups in total. The molecule has 2 aromatic rings. The van der Waals surface area contributed by atoms with Gasteiger partial charge in [-0.25, -0.2) is 0 Å². The second kappa shape index (κ2) is 4.47. The van der Waals surface area contributed by atoms with Gasteiger partial charge in [-0.05, 0) is 77.8 Å². The fourth-order valence-electron chi connectivity index (χ4n) is 5.57. The van der Waals surface area contributed by atoms with Gasteiger partial charge in [0.15, 0.2) is 0 Å². The Hall–Kier alpha value is -1.56. The van der Waals surface area contributed by atoms with E-state index in [1.807, 2.05) is 0 Å². The Kier molecular flexibility index (Phi) is 2.63. The van der Waals surface area contributed by atoms with Crippen LogP contribution >= 0.6 is 0 Å². The summed E-state index contributed by atoms with van der Waals surface area (Å²) in [6, 6.07) is 12.1. The van der Waals surface area contributed by atoms with Crippen LogP contribution in [0.15, 0.2) is 42.5 Å². The van der Waals surface area contributed by atoms with Gasteiger partial charge in [0.2, 0.25) is 0 Å². The first-order chi connectivity index (χ1) is 10.8. The van der Waals surface area contributed by atoms with E-state index in [2.05, 4.69) is 49.4 Å². The van der Waals surface area contributed by atoms with Crippen molar-refractivity contribution in [3.63, 3.8) is 0 Å². The summed E-state index contributed by atoms with van der Waals surface area (Å²) in [4.78, 5) is 0. The number of hydrogen-bond acceptors (Lipinski definition) is 0. The van der Waals surface area contributed by atoms with Gasteiger partial charge in [0, 0.05) is 5.41 Å². The first-order valence-corrected chi connectivity index (χ1v) is 9.03. The third-order valence-corrected chi connectivity index (χ3v) is 6.65. The standard InChI is InChI=1S/C22H24/c1-2-15-5-7-17-13-21-18(12-19(17)10-15)4-3-9-22(21)14-16-6-8-20(22)11-16/h5-8,10,12-13,16,20H,2-4,9,11,14H2,1H3. The molecule has 0 nitrogen and oxygen atoms in total. The normalized spacial score (nSPS) is 32.0. The third-order valence-electron chi connectivity index (χ3n) is 6.65. The lowest BCUT2D eigenvalue weighted by molar-refractivity contribution is 0.304. The molecule has 2 bridgehead atoms. The van der Waals surface area contributed by atoms with Gasteiger partial charge >= 0.3 is 0 Å². The highest BCUT2D eigenvalue weighted by atomic mass is 14.5.